The monoisotopic (exact) mass is 300 g/mol. The number of amides is 1. The van der Waals surface area contributed by atoms with Crippen molar-refractivity contribution in [1.29, 1.82) is 0 Å². The average Bonchev–Trinajstić information content (AvgIpc) is 2.32. The molecule has 0 aliphatic rings. The summed E-state index contributed by atoms with van der Waals surface area (Å²) in [5.74, 6) is 0.665. The fourth-order valence-electron chi connectivity index (χ4n) is 1.40. The maximum Gasteiger partial charge on any atom is 0.407 e. The Balaban J connectivity index is 2.39. The summed E-state index contributed by atoms with van der Waals surface area (Å²) in [5.41, 5.74) is 1.35. The third-order valence-corrected chi connectivity index (χ3v) is 2.91. The summed E-state index contributed by atoms with van der Waals surface area (Å²) < 4.78 is 5.13. The molecule has 20 heavy (non-hydrogen) atoms. The van der Waals surface area contributed by atoms with Gasteiger partial charge >= 0.3 is 6.09 Å². The number of carbonyl (C=O) groups is 1. The molecule has 0 aliphatic heterocycles. The summed E-state index contributed by atoms with van der Waals surface area (Å²) >= 11 is 5.88. The highest BCUT2D eigenvalue weighted by atomic mass is 35.5. The van der Waals surface area contributed by atoms with Crippen LogP contribution in [0.2, 0.25) is 5.15 Å². The SMILES string of the molecule is Cc1c(Cl)nnc(NCCNC(=O)OC(C)(C)C)c1C. The number of nitrogens with zero attached hydrogens (tertiary/aromatic N) is 2. The van der Waals surface area contributed by atoms with E-state index in [0.717, 1.165) is 11.1 Å². The lowest BCUT2D eigenvalue weighted by Gasteiger charge is -2.19. The number of alkyl carbamates (subject to hydrolysis) is 1. The van der Waals surface area contributed by atoms with Gasteiger partial charge in [0.25, 0.3) is 0 Å². The van der Waals surface area contributed by atoms with Gasteiger partial charge in [0, 0.05) is 13.1 Å². The third kappa shape index (κ3) is 5.21. The maximum absolute atomic E-state index is 11.4. The van der Waals surface area contributed by atoms with Gasteiger partial charge in [0.1, 0.15) is 5.60 Å². The molecule has 0 bridgehead atoms. The first-order valence-corrected chi connectivity index (χ1v) is 6.78. The third-order valence-electron chi connectivity index (χ3n) is 2.55. The molecule has 1 aromatic heterocycles. The van der Waals surface area contributed by atoms with Gasteiger partial charge in [-0.25, -0.2) is 4.79 Å². The lowest BCUT2D eigenvalue weighted by atomic mass is 10.2. The Morgan fingerprint density at radius 1 is 1.20 bits per heavy atom. The van der Waals surface area contributed by atoms with Gasteiger partial charge in [0.05, 0.1) is 0 Å². The zero-order valence-corrected chi connectivity index (χ0v) is 13.3. The van der Waals surface area contributed by atoms with Crippen molar-refractivity contribution in [2.45, 2.75) is 40.2 Å². The number of carbonyl (C=O) groups excluding carboxylic acids is 1. The van der Waals surface area contributed by atoms with Crippen molar-refractivity contribution in [3.63, 3.8) is 0 Å². The highest BCUT2D eigenvalue weighted by Crippen LogP contribution is 2.20. The maximum atomic E-state index is 11.4. The van der Waals surface area contributed by atoms with E-state index in [1.54, 1.807) is 0 Å². The number of halogens is 1. The molecule has 0 fully saturated rings. The second-order valence-corrected chi connectivity index (χ2v) is 5.80. The fourth-order valence-corrected chi connectivity index (χ4v) is 1.58. The largest absolute Gasteiger partial charge is 0.444 e. The number of aromatic nitrogens is 2. The summed E-state index contributed by atoms with van der Waals surface area (Å²) in [7, 11) is 0. The summed E-state index contributed by atoms with van der Waals surface area (Å²) in [6, 6.07) is 0. The lowest BCUT2D eigenvalue weighted by molar-refractivity contribution is 0.0530. The van der Waals surface area contributed by atoms with Crippen LogP contribution in [0.3, 0.4) is 0 Å². The Labute approximate surface area is 124 Å². The van der Waals surface area contributed by atoms with Crippen molar-refractivity contribution in [3.8, 4) is 0 Å². The zero-order valence-electron chi connectivity index (χ0n) is 12.5. The van der Waals surface area contributed by atoms with Crippen LogP contribution in [-0.2, 0) is 4.74 Å². The van der Waals surface area contributed by atoms with Crippen LogP contribution >= 0.6 is 11.6 Å². The molecule has 1 aromatic rings. The van der Waals surface area contributed by atoms with Gasteiger partial charge in [-0.1, -0.05) is 11.6 Å². The summed E-state index contributed by atoms with van der Waals surface area (Å²) in [6.45, 7) is 10.2. The van der Waals surface area contributed by atoms with Crippen molar-refractivity contribution in [3.05, 3.63) is 16.3 Å². The first-order chi connectivity index (χ1) is 9.20. The standard InChI is InChI=1S/C13H21ClN4O2/c1-8-9(2)11(18-17-10(8)14)15-6-7-16-12(19)20-13(3,4)5/h6-7H2,1-5H3,(H,15,18)(H,16,19). The van der Waals surface area contributed by atoms with E-state index in [2.05, 4.69) is 20.8 Å². The summed E-state index contributed by atoms with van der Waals surface area (Å²) in [6.07, 6.45) is -0.436. The normalized spacial score (nSPS) is 11.1. The van der Waals surface area contributed by atoms with Gasteiger partial charge in [-0.3, -0.25) is 0 Å². The van der Waals surface area contributed by atoms with Gasteiger partial charge in [0.15, 0.2) is 11.0 Å². The van der Waals surface area contributed by atoms with Crippen LogP contribution in [-0.4, -0.2) is 35.0 Å². The molecule has 7 heteroatoms. The van der Waals surface area contributed by atoms with E-state index in [0.29, 0.717) is 24.1 Å². The summed E-state index contributed by atoms with van der Waals surface area (Å²) in [4.78, 5) is 11.4. The van der Waals surface area contributed by atoms with Crippen molar-refractivity contribution in [1.82, 2.24) is 15.5 Å². The molecule has 0 saturated heterocycles. The molecule has 2 N–H and O–H groups in total. The van der Waals surface area contributed by atoms with E-state index in [-0.39, 0.29) is 0 Å². The molecule has 0 unspecified atom stereocenters. The molecule has 0 aromatic carbocycles. The minimum atomic E-state index is -0.493. The van der Waals surface area contributed by atoms with Crippen LogP contribution in [0.1, 0.15) is 31.9 Å². The number of hydrogen-bond acceptors (Lipinski definition) is 5. The molecule has 1 heterocycles. The molecule has 0 spiro atoms. The predicted molar refractivity (Wildman–Crippen MR) is 79.2 cm³/mol. The topological polar surface area (TPSA) is 76.1 Å². The van der Waals surface area contributed by atoms with E-state index >= 15 is 0 Å². The molecule has 1 amide bonds. The van der Waals surface area contributed by atoms with E-state index in [1.807, 2.05) is 34.6 Å². The van der Waals surface area contributed by atoms with Gasteiger partial charge in [0.2, 0.25) is 0 Å². The second-order valence-electron chi connectivity index (χ2n) is 5.44. The zero-order chi connectivity index (χ0) is 15.3. The molecule has 6 nitrogen and oxygen atoms in total. The molecule has 0 atom stereocenters. The van der Waals surface area contributed by atoms with Crippen molar-refractivity contribution in [2.75, 3.05) is 18.4 Å². The molecular weight excluding hydrogens is 280 g/mol. The predicted octanol–water partition coefficient (Wildman–Crippen LogP) is 2.68. The minimum absolute atomic E-state index is 0.403. The van der Waals surface area contributed by atoms with Crippen LogP contribution in [0.15, 0.2) is 0 Å². The Bertz CT molecular complexity index is 486. The number of rotatable bonds is 4. The Kier molecular flexibility index (Phi) is 5.56. The van der Waals surface area contributed by atoms with E-state index in [9.17, 15) is 4.79 Å². The second kappa shape index (κ2) is 6.74. The first-order valence-electron chi connectivity index (χ1n) is 6.41. The van der Waals surface area contributed by atoms with Gasteiger partial charge in [-0.15, -0.1) is 10.2 Å². The van der Waals surface area contributed by atoms with Crippen LogP contribution in [0.5, 0.6) is 0 Å². The molecule has 0 radical (unpaired) electrons. The molecule has 112 valence electrons. The molecule has 0 saturated carbocycles. The van der Waals surface area contributed by atoms with Crippen LogP contribution in [0, 0.1) is 13.8 Å². The first kappa shape index (κ1) is 16.5. The van der Waals surface area contributed by atoms with Crippen molar-refractivity contribution < 1.29 is 9.53 Å². The minimum Gasteiger partial charge on any atom is -0.444 e. The van der Waals surface area contributed by atoms with Crippen molar-refractivity contribution >= 4 is 23.5 Å². The Morgan fingerprint density at radius 2 is 1.85 bits per heavy atom. The van der Waals surface area contributed by atoms with E-state index in [4.69, 9.17) is 16.3 Å². The molecular formula is C13H21ClN4O2. The van der Waals surface area contributed by atoms with Crippen LogP contribution < -0.4 is 10.6 Å². The number of nitrogens with one attached hydrogen (secondary N) is 2. The van der Waals surface area contributed by atoms with Gasteiger partial charge < -0.3 is 15.4 Å². The summed E-state index contributed by atoms with van der Waals surface area (Å²) in [5, 5.41) is 14.0. The number of ether oxygens (including phenoxy) is 1. The number of hydrogen-bond donors (Lipinski definition) is 2. The highest BCUT2D eigenvalue weighted by Gasteiger charge is 2.15. The Morgan fingerprint density at radius 3 is 2.45 bits per heavy atom. The molecule has 1 rings (SSSR count). The fraction of sp³-hybridized carbons (Fsp3) is 0.615. The smallest absolute Gasteiger partial charge is 0.407 e. The van der Waals surface area contributed by atoms with Crippen LogP contribution in [0.4, 0.5) is 10.6 Å². The molecule has 0 aliphatic carbocycles. The lowest BCUT2D eigenvalue weighted by Crippen LogP contribution is -2.35. The van der Waals surface area contributed by atoms with E-state index in [1.165, 1.54) is 0 Å². The quantitative estimate of drug-likeness (QED) is 0.836. The van der Waals surface area contributed by atoms with Crippen molar-refractivity contribution in [2.24, 2.45) is 0 Å². The van der Waals surface area contributed by atoms with Gasteiger partial charge in [-0.2, -0.15) is 0 Å². The average molecular weight is 301 g/mol. The van der Waals surface area contributed by atoms with Gasteiger partial charge in [-0.05, 0) is 45.7 Å². The number of anilines is 1. The highest BCUT2D eigenvalue weighted by molar-refractivity contribution is 6.30. The van der Waals surface area contributed by atoms with Crippen LogP contribution in [0.25, 0.3) is 0 Å². The van der Waals surface area contributed by atoms with E-state index < -0.39 is 11.7 Å². The Hall–Kier alpha value is -1.56.